The molecule has 0 aliphatic rings. The summed E-state index contributed by atoms with van der Waals surface area (Å²) in [5.41, 5.74) is 0.342. The molecule has 25 heavy (non-hydrogen) atoms. The maximum atomic E-state index is 13.0. The fourth-order valence-electron chi connectivity index (χ4n) is 2.28. The molecular weight excluding hydrogens is 362 g/mol. The molecule has 0 aliphatic carbocycles. The van der Waals surface area contributed by atoms with Crippen molar-refractivity contribution in [3.63, 3.8) is 0 Å². The molecule has 1 unspecified atom stereocenters. The van der Waals surface area contributed by atoms with Crippen LogP contribution in [0.4, 0.5) is 5.69 Å². The standard InChI is InChI=1S/C18H20ClNO4S/c1-3-13-24-16-11-9-15(10-12-16)20(14(2)18(19)21)25(22,23)17-7-5-4-6-8-17/h4-12,14H,3,13H2,1-2H3. The third-order valence-corrected chi connectivity index (χ3v) is 5.77. The van der Waals surface area contributed by atoms with Crippen LogP contribution in [-0.2, 0) is 14.8 Å². The Bertz CT molecular complexity index is 807. The molecule has 0 saturated carbocycles. The molecule has 0 N–H and O–H groups in total. The number of benzene rings is 2. The Hall–Kier alpha value is -2.05. The van der Waals surface area contributed by atoms with E-state index in [2.05, 4.69) is 0 Å². The number of ether oxygens (including phenoxy) is 1. The summed E-state index contributed by atoms with van der Waals surface area (Å²) in [5, 5.41) is -0.759. The minimum absolute atomic E-state index is 0.0890. The maximum absolute atomic E-state index is 13.0. The highest BCUT2D eigenvalue weighted by atomic mass is 35.5. The molecule has 7 heteroatoms. The van der Waals surface area contributed by atoms with Gasteiger partial charge in [-0.15, -0.1) is 0 Å². The monoisotopic (exact) mass is 381 g/mol. The first-order valence-corrected chi connectivity index (χ1v) is 9.71. The van der Waals surface area contributed by atoms with E-state index in [1.54, 1.807) is 42.5 Å². The van der Waals surface area contributed by atoms with Gasteiger partial charge < -0.3 is 4.74 Å². The average Bonchev–Trinajstić information content (AvgIpc) is 2.61. The lowest BCUT2D eigenvalue weighted by atomic mass is 10.2. The molecule has 0 aliphatic heterocycles. The molecule has 0 fully saturated rings. The highest BCUT2D eigenvalue weighted by Gasteiger charge is 2.32. The summed E-state index contributed by atoms with van der Waals surface area (Å²) in [5.74, 6) is 0.632. The molecule has 2 aromatic rings. The third-order valence-electron chi connectivity index (χ3n) is 3.54. The number of halogens is 1. The van der Waals surface area contributed by atoms with Crippen LogP contribution >= 0.6 is 11.6 Å². The molecule has 1 atom stereocenters. The SMILES string of the molecule is CCCOc1ccc(N(C(C)C(=O)Cl)S(=O)(=O)c2ccccc2)cc1. The van der Waals surface area contributed by atoms with Crippen molar-refractivity contribution in [3.05, 3.63) is 54.6 Å². The second-order valence-corrected chi connectivity index (χ2v) is 7.62. The van der Waals surface area contributed by atoms with Gasteiger partial charge in [-0.25, -0.2) is 8.42 Å². The van der Waals surface area contributed by atoms with Gasteiger partial charge in [0.1, 0.15) is 11.8 Å². The van der Waals surface area contributed by atoms with Crippen molar-refractivity contribution in [2.45, 2.75) is 31.2 Å². The Morgan fingerprint density at radius 1 is 1.12 bits per heavy atom. The first-order valence-electron chi connectivity index (χ1n) is 7.89. The molecule has 2 rings (SSSR count). The van der Waals surface area contributed by atoms with Crippen LogP contribution in [0.25, 0.3) is 0 Å². The van der Waals surface area contributed by atoms with Crippen molar-refractivity contribution in [2.24, 2.45) is 0 Å². The Morgan fingerprint density at radius 3 is 2.24 bits per heavy atom. The van der Waals surface area contributed by atoms with E-state index in [1.165, 1.54) is 19.1 Å². The lowest BCUT2D eigenvalue weighted by molar-refractivity contribution is -0.112. The number of hydrogen-bond donors (Lipinski definition) is 0. The van der Waals surface area contributed by atoms with E-state index >= 15 is 0 Å². The predicted octanol–water partition coefficient (Wildman–Crippen LogP) is 3.82. The molecule has 2 aromatic carbocycles. The first-order chi connectivity index (χ1) is 11.9. The van der Waals surface area contributed by atoms with Crippen molar-refractivity contribution in [1.29, 1.82) is 0 Å². The summed E-state index contributed by atoms with van der Waals surface area (Å²) in [7, 11) is -3.94. The number of nitrogens with zero attached hydrogens (tertiary/aromatic N) is 1. The van der Waals surface area contributed by atoms with Gasteiger partial charge in [0, 0.05) is 0 Å². The lowest BCUT2D eigenvalue weighted by Gasteiger charge is -2.28. The minimum Gasteiger partial charge on any atom is -0.494 e. The molecule has 134 valence electrons. The Morgan fingerprint density at radius 2 is 1.72 bits per heavy atom. The van der Waals surface area contributed by atoms with E-state index in [1.807, 2.05) is 6.92 Å². The lowest BCUT2D eigenvalue weighted by Crippen LogP contribution is -2.42. The van der Waals surface area contributed by atoms with E-state index in [4.69, 9.17) is 16.3 Å². The van der Waals surface area contributed by atoms with Gasteiger partial charge in [0.05, 0.1) is 17.2 Å². The Kier molecular flexibility index (Phi) is 6.45. The third kappa shape index (κ3) is 4.52. The zero-order valence-corrected chi connectivity index (χ0v) is 15.6. The second kappa shape index (κ2) is 8.36. The highest BCUT2D eigenvalue weighted by molar-refractivity contribution is 7.93. The highest BCUT2D eigenvalue weighted by Crippen LogP contribution is 2.28. The fraction of sp³-hybridized carbons (Fsp3) is 0.278. The van der Waals surface area contributed by atoms with Crippen LogP contribution in [0, 0.1) is 0 Å². The number of carbonyl (C=O) groups excluding carboxylic acids is 1. The number of anilines is 1. The molecule has 0 saturated heterocycles. The van der Waals surface area contributed by atoms with Gasteiger partial charge >= 0.3 is 0 Å². The van der Waals surface area contributed by atoms with Crippen LogP contribution in [0.5, 0.6) is 5.75 Å². The molecule has 5 nitrogen and oxygen atoms in total. The van der Waals surface area contributed by atoms with Crippen molar-refractivity contribution >= 4 is 32.6 Å². The number of carbonyl (C=O) groups is 1. The zero-order chi connectivity index (χ0) is 18.4. The predicted molar refractivity (Wildman–Crippen MR) is 98.7 cm³/mol. The summed E-state index contributed by atoms with van der Waals surface area (Å²) in [6, 6.07) is 13.4. The molecule has 0 bridgehead atoms. The van der Waals surface area contributed by atoms with Crippen LogP contribution in [0.2, 0.25) is 0 Å². The molecule has 0 heterocycles. The summed E-state index contributed by atoms with van der Waals surface area (Å²) < 4.78 is 32.6. The van der Waals surface area contributed by atoms with Crippen LogP contribution in [0.3, 0.4) is 0 Å². The van der Waals surface area contributed by atoms with E-state index in [0.29, 0.717) is 18.0 Å². The summed E-state index contributed by atoms with van der Waals surface area (Å²) in [4.78, 5) is 11.8. The summed E-state index contributed by atoms with van der Waals surface area (Å²) in [6.45, 7) is 4.02. The first kappa shape index (κ1) is 19.3. The van der Waals surface area contributed by atoms with E-state index in [9.17, 15) is 13.2 Å². The van der Waals surface area contributed by atoms with E-state index < -0.39 is 21.3 Å². The Balaban J connectivity index is 2.45. The molecule has 0 amide bonds. The van der Waals surface area contributed by atoms with Gasteiger partial charge in [-0.2, -0.15) is 0 Å². The number of rotatable bonds is 8. The quantitative estimate of drug-likeness (QED) is 0.652. The maximum Gasteiger partial charge on any atom is 0.265 e. The van der Waals surface area contributed by atoms with Crippen LogP contribution in [-0.4, -0.2) is 26.3 Å². The second-order valence-electron chi connectivity index (χ2n) is 5.44. The van der Waals surface area contributed by atoms with Gasteiger partial charge in [0.25, 0.3) is 10.0 Å². The average molecular weight is 382 g/mol. The van der Waals surface area contributed by atoms with Gasteiger partial charge in [0.15, 0.2) is 0 Å². The van der Waals surface area contributed by atoms with Gasteiger partial charge in [0.2, 0.25) is 5.24 Å². The summed E-state index contributed by atoms with van der Waals surface area (Å²) >= 11 is 5.60. The van der Waals surface area contributed by atoms with Crippen LogP contribution < -0.4 is 9.04 Å². The number of sulfonamides is 1. The van der Waals surface area contributed by atoms with Crippen molar-refractivity contribution < 1.29 is 17.9 Å². The molecular formula is C18H20ClNO4S. The van der Waals surface area contributed by atoms with Gasteiger partial charge in [-0.05, 0) is 61.3 Å². The van der Waals surface area contributed by atoms with Crippen molar-refractivity contribution in [1.82, 2.24) is 0 Å². The number of hydrogen-bond acceptors (Lipinski definition) is 4. The van der Waals surface area contributed by atoms with E-state index in [0.717, 1.165) is 10.7 Å². The topological polar surface area (TPSA) is 63.7 Å². The van der Waals surface area contributed by atoms with Crippen LogP contribution in [0.15, 0.2) is 59.5 Å². The van der Waals surface area contributed by atoms with Gasteiger partial charge in [-0.3, -0.25) is 9.10 Å². The minimum atomic E-state index is -3.94. The largest absolute Gasteiger partial charge is 0.494 e. The molecule has 0 radical (unpaired) electrons. The van der Waals surface area contributed by atoms with Crippen LogP contribution in [0.1, 0.15) is 20.3 Å². The summed E-state index contributed by atoms with van der Waals surface area (Å²) in [6.07, 6.45) is 0.869. The van der Waals surface area contributed by atoms with Gasteiger partial charge in [-0.1, -0.05) is 25.1 Å². The fourth-order valence-corrected chi connectivity index (χ4v) is 4.07. The molecule has 0 spiro atoms. The molecule has 0 aromatic heterocycles. The zero-order valence-electron chi connectivity index (χ0n) is 14.1. The van der Waals surface area contributed by atoms with Crippen molar-refractivity contribution in [3.8, 4) is 5.75 Å². The Labute approximate surface area is 153 Å². The smallest absolute Gasteiger partial charge is 0.265 e. The van der Waals surface area contributed by atoms with Crippen molar-refractivity contribution in [2.75, 3.05) is 10.9 Å². The normalized spacial score (nSPS) is 12.4. The van der Waals surface area contributed by atoms with E-state index in [-0.39, 0.29) is 4.90 Å².